The Kier molecular flexibility index (Phi) is 3.62. The number of terminal acetylenes is 1. The second-order valence-corrected chi connectivity index (χ2v) is 3.27. The van der Waals surface area contributed by atoms with E-state index < -0.39 is 11.7 Å². The van der Waals surface area contributed by atoms with Crippen LogP contribution in [0.2, 0.25) is 0 Å². The van der Waals surface area contributed by atoms with Crippen LogP contribution in [0.5, 0.6) is 0 Å². The van der Waals surface area contributed by atoms with Crippen molar-refractivity contribution in [2.45, 2.75) is 32.8 Å². The molecule has 68 valence electrons. The summed E-state index contributed by atoms with van der Waals surface area (Å²) in [6.07, 6.45) is 4.75. The first-order valence-electron chi connectivity index (χ1n) is 3.84. The van der Waals surface area contributed by atoms with Crippen molar-refractivity contribution in [1.82, 2.24) is 0 Å². The van der Waals surface area contributed by atoms with E-state index in [1.54, 1.807) is 6.92 Å². The van der Waals surface area contributed by atoms with Crippen molar-refractivity contribution in [3.63, 3.8) is 0 Å². The molecular formula is C9H15NO2. The summed E-state index contributed by atoms with van der Waals surface area (Å²) in [4.78, 5) is 10.5. The van der Waals surface area contributed by atoms with Crippen LogP contribution in [0.4, 0.5) is 4.79 Å². The van der Waals surface area contributed by atoms with Gasteiger partial charge in [0.2, 0.25) is 0 Å². The fourth-order valence-corrected chi connectivity index (χ4v) is 0.791. The summed E-state index contributed by atoms with van der Waals surface area (Å²) in [5.74, 6) is 2.62. The molecule has 0 rings (SSSR count). The van der Waals surface area contributed by atoms with Crippen molar-refractivity contribution < 1.29 is 9.53 Å². The van der Waals surface area contributed by atoms with Crippen LogP contribution in [0, 0.1) is 18.3 Å². The second-order valence-electron chi connectivity index (χ2n) is 3.27. The number of hydrogen-bond donors (Lipinski definition) is 1. The van der Waals surface area contributed by atoms with E-state index in [0.717, 1.165) is 0 Å². The molecule has 2 N–H and O–H groups in total. The van der Waals surface area contributed by atoms with Crippen molar-refractivity contribution in [1.29, 1.82) is 0 Å². The summed E-state index contributed by atoms with van der Waals surface area (Å²) in [6.45, 7) is 5.64. The van der Waals surface area contributed by atoms with E-state index in [1.807, 2.05) is 13.8 Å². The highest BCUT2D eigenvalue weighted by molar-refractivity contribution is 5.65. The number of hydrogen-bond acceptors (Lipinski definition) is 2. The Morgan fingerprint density at radius 2 is 2.25 bits per heavy atom. The predicted molar refractivity (Wildman–Crippen MR) is 47.4 cm³/mol. The average molecular weight is 169 g/mol. The zero-order chi connectivity index (χ0) is 9.78. The molecule has 3 heteroatoms. The molecule has 0 heterocycles. The fraction of sp³-hybridized carbons (Fsp3) is 0.667. The average Bonchev–Trinajstić information content (AvgIpc) is 1.85. The number of nitrogens with two attached hydrogens (primary N) is 1. The van der Waals surface area contributed by atoms with E-state index in [9.17, 15) is 4.79 Å². The standard InChI is InChI=1S/C9H15NO2/c1-5-6-9(4,7(2)3)12-8(10)11/h1,7H,6H2,2-4H3,(H2,10,11). The lowest BCUT2D eigenvalue weighted by atomic mass is 9.89. The summed E-state index contributed by atoms with van der Waals surface area (Å²) < 4.78 is 4.94. The molecule has 0 radical (unpaired) electrons. The molecule has 0 fully saturated rings. The van der Waals surface area contributed by atoms with Crippen LogP contribution in [0.1, 0.15) is 27.2 Å². The van der Waals surface area contributed by atoms with Gasteiger partial charge in [-0.05, 0) is 12.8 Å². The van der Waals surface area contributed by atoms with Gasteiger partial charge in [0.15, 0.2) is 0 Å². The Bertz CT molecular complexity index is 205. The fourth-order valence-electron chi connectivity index (χ4n) is 0.791. The van der Waals surface area contributed by atoms with Crippen LogP contribution >= 0.6 is 0 Å². The van der Waals surface area contributed by atoms with Crippen molar-refractivity contribution in [2.24, 2.45) is 11.7 Å². The minimum Gasteiger partial charge on any atom is -0.442 e. The van der Waals surface area contributed by atoms with Gasteiger partial charge in [-0.3, -0.25) is 0 Å². The molecule has 0 aliphatic carbocycles. The number of rotatable bonds is 3. The first-order chi connectivity index (χ1) is 5.42. The maximum Gasteiger partial charge on any atom is 0.405 e. The van der Waals surface area contributed by atoms with Crippen LogP contribution in [0.15, 0.2) is 0 Å². The van der Waals surface area contributed by atoms with E-state index in [0.29, 0.717) is 6.42 Å². The molecule has 0 aromatic rings. The molecule has 0 bridgehead atoms. The Hall–Kier alpha value is -1.17. The van der Waals surface area contributed by atoms with E-state index >= 15 is 0 Å². The third-order valence-electron chi connectivity index (χ3n) is 2.01. The number of ether oxygens (including phenoxy) is 1. The maximum absolute atomic E-state index is 10.5. The lowest BCUT2D eigenvalue weighted by Gasteiger charge is -2.30. The topological polar surface area (TPSA) is 52.3 Å². The van der Waals surface area contributed by atoms with Gasteiger partial charge in [0.05, 0.1) is 0 Å². The lowest BCUT2D eigenvalue weighted by molar-refractivity contribution is -0.000605. The van der Waals surface area contributed by atoms with Crippen LogP contribution in [0.25, 0.3) is 0 Å². The van der Waals surface area contributed by atoms with E-state index in [1.165, 1.54) is 0 Å². The highest BCUT2D eigenvalue weighted by Gasteiger charge is 2.30. The van der Waals surface area contributed by atoms with Gasteiger partial charge in [0, 0.05) is 6.42 Å². The first kappa shape index (κ1) is 10.8. The quantitative estimate of drug-likeness (QED) is 0.651. The number of amides is 1. The van der Waals surface area contributed by atoms with Crippen LogP contribution in [-0.2, 0) is 4.74 Å². The van der Waals surface area contributed by atoms with Crippen LogP contribution in [-0.4, -0.2) is 11.7 Å². The predicted octanol–water partition coefficient (Wildman–Crippen LogP) is 1.52. The van der Waals surface area contributed by atoms with Gasteiger partial charge in [0.1, 0.15) is 5.60 Å². The molecule has 1 unspecified atom stereocenters. The number of carbonyl (C=O) groups is 1. The van der Waals surface area contributed by atoms with E-state index in [4.69, 9.17) is 16.9 Å². The third kappa shape index (κ3) is 2.83. The van der Waals surface area contributed by atoms with Gasteiger partial charge >= 0.3 is 6.09 Å². The lowest BCUT2D eigenvalue weighted by Crippen LogP contribution is -2.38. The molecule has 0 aliphatic heterocycles. The summed E-state index contributed by atoms with van der Waals surface area (Å²) in [6, 6.07) is 0. The highest BCUT2D eigenvalue weighted by atomic mass is 16.6. The van der Waals surface area contributed by atoms with Crippen LogP contribution < -0.4 is 5.73 Å². The monoisotopic (exact) mass is 169 g/mol. The second kappa shape index (κ2) is 4.01. The Morgan fingerprint density at radius 1 is 1.75 bits per heavy atom. The van der Waals surface area contributed by atoms with Gasteiger partial charge in [0.25, 0.3) is 0 Å². The zero-order valence-corrected chi connectivity index (χ0v) is 7.76. The zero-order valence-electron chi connectivity index (χ0n) is 7.76. The van der Waals surface area contributed by atoms with Crippen molar-refractivity contribution in [3.8, 4) is 12.3 Å². The summed E-state index contributed by atoms with van der Waals surface area (Å²) in [5.41, 5.74) is 4.28. The SMILES string of the molecule is C#CCC(C)(OC(N)=O)C(C)C. The molecule has 0 spiro atoms. The maximum atomic E-state index is 10.5. The number of carbonyl (C=O) groups excluding carboxylic acids is 1. The summed E-state index contributed by atoms with van der Waals surface area (Å²) >= 11 is 0. The van der Waals surface area contributed by atoms with Crippen molar-refractivity contribution in [3.05, 3.63) is 0 Å². The van der Waals surface area contributed by atoms with Gasteiger partial charge in [-0.25, -0.2) is 4.79 Å². The molecule has 3 nitrogen and oxygen atoms in total. The minimum atomic E-state index is -0.776. The smallest absolute Gasteiger partial charge is 0.405 e. The molecule has 0 saturated heterocycles. The van der Waals surface area contributed by atoms with E-state index in [2.05, 4.69) is 5.92 Å². The van der Waals surface area contributed by atoms with Gasteiger partial charge in [-0.15, -0.1) is 12.3 Å². The van der Waals surface area contributed by atoms with Gasteiger partial charge in [-0.2, -0.15) is 0 Å². The molecule has 1 atom stereocenters. The third-order valence-corrected chi connectivity index (χ3v) is 2.01. The highest BCUT2D eigenvalue weighted by Crippen LogP contribution is 2.24. The van der Waals surface area contributed by atoms with Gasteiger partial charge < -0.3 is 10.5 Å². The molecule has 0 aliphatic rings. The summed E-state index contributed by atoms with van der Waals surface area (Å²) in [7, 11) is 0. The Labute approximate surface area is 73.3 Å². The number of primary amides is 1. The minimum absolute atomic E-state index is 0.154. The van der Waals surface area contributed by atoms with E-state index in [-0.39, 0.29) is 5.92 Å². The molecular weight excluding hydrogens is 154 g/mol. The first-order valence-corrected chi connectivity index (χ1v) is 3.84. The molecule has 1 amide bonds. The molecule has 0 aromatic heterocycles. The van der Waals surface area contributed by atoms with Gasteiger partial charge in [-0.1, -0.05) is 13.8 Å². The largest absolute Gasteiger partial charge is 0.442 e. The molecule has 12 heavy (non-hydrogen) atoms. The van der Waals surface area contributed by atoms with Crippen molar-refractivity contribution >= 4 is 6.09 Å². The summed E-state index contributed by atoms with van der Waals surface area (Å²) in [5, 5.41) is 0. The normalized spacial score (nSPS) is 14.9. The van der Waals surface area contributed by atoms with Crippen LogP contribution in [0.3, 0.4) is 0 Å². The Morgan fingerprint density at radius 3 is 2.50 bits per heavy atom. The Balaban J connectivity index is 4.41. The molecule has 0 saturated carbocycles. The molecule has 0 aromatic carbocycles. The van der Waals surface area contributed by atoms with Crippen molar-refractivity contribution in [2.75, 3.05) is 0 Å².